The smallest absolute Gasteiger partial charge is 0.416 e. The molecule has 1 N–H and O–H groups in total. The van der Waals surface area contributed by atoms with Gasteiger partial charge < -0.3 is 14.4 Å². The van der Waals surface area contributed by atoms with Gasteiger partial charge in [-0.3, -0.25) is 4.79 Å². The van der Waals surface area contributed by atoms with E-state index in [-0.39, 0.29) is 11.4 Å². The van der Waals surface area contributed by atoms with E-state index in [4.69, 9.17) is 4.74 Å². The number of alkyl halides is 3. The monoisotopic (exact) mass is 488 g/mol. The minimum atomic E-state index is -4.46. The SMILES string of the molecule is Cc1cnc(C(=O)c2ccc(C(F)(F)F)cc2)n1CCCCc1cccc(OC(C)(C)C(=O)O)c1. The Morgan fingerprint density at radius 1 is 1.06 bits per heavy atom. The fourth-order valence-corrected chi connectivity index (χ4v) is 3.57. The van der Waals surface area contributed by atoms with Gasteiger partial charge in [-0.2, -0.15) is 13.2 Å². The van der Waals surface area contributed by atoms with Gasteiger partial charge in [-0.1, -0.05) is 24.3 Å². The van der Waals surface area contributed by atoms with Crippen LogP contribution in [0.5, 0.6) is 5.75 Å². The highest BCUT2D eigenvalue weighted by molar-refractivity contribution is 6.06. The van der Waals surface area contributed by atoms with Crippen LogP contribution in [0.3, 0.4) is 0 Å². The van der Waals surface area contributed by atoms with Crippen LogP contribution in [0.25, 0.3) is 0 Å². The van der Waals surface area contributed by atoms with E-state index in [1.807, 2.05) is 25.1 Å². The minimum absolute atomic E-state index is 0.144. The van der Waals surface area contributed by atoms with Gasteiger partial charge in [0, 0.05) is 24.0 Å². The van der Waals surface area contributed by atoms with Gasteiger partial charge in [0.15, 0.2) is 11.4 Å². The van der Waals surface area contributed by atoms with Gasteiger partial charge in [0.05, 0.1) is 5.56 Å². The third-order valence-corrected chi connectivity index (χ3v) is 5.62. The number of unbranched alkanes of at least 4 members (excludes halogenated alkanes) is 1. The first-order valence-electron chi connectivity index (χ1n) is 11.1. The quantitative estimate of drug-likeness (QED) is 0.292. The number of carboxylic acid groups (broad SMARTS) is 1. The molecule has 0 aliphatic heterocycles. The fraction of sp³-hybridized carbons (Fsp3) is 0.346. The maximum atomic E-state index is 12.9. The van der Waals surface area contributed by atoms with Crippen molar-refractivity contribution in [2.45, 2.75) is 58.4 Å². The summed E-state index contributed by atoms with van der Waals surface area (Å²) < 4.78 is 45.8. The molecular formula is C26H27F3N2O4. The Kier molecular flexibility index (Phi) is 7.67. The van der Waals surface area contributed by atoms with Gasteiger partial charge in [0.2, 0.25) is 5.78 Å². The molecule has 9 heteroatoms. The summed E-state index contributed by atoms with van der Waals surface area (Å²) >= 11 is 0. The van der Waals surface area contributed by atoms with E-state index in [9.17, 15) is 27.9 Å². The van der Waals surface area contributed by atoms with Crippen molar-refractivity contribution < 1.29 is 32.6 Å². The Labute approximate surface area is 201 Å². The summed E-state index contributed by atoms with van der Waals surface area (Å²) in [5.74, 6) is -0.823. The van der Waals surface area contributed by atoms with Crippen molar-refractivity contribution in [2.75, 3.05) is 0 Å². The van der Waals surface area contributed by atoms with Gasteiger partial charge in [-0.05, 0) is 69.9 Å². The van der Waals surface area contributed by atoms with Gasteiger partial charge in [-0.15, -0.1) is 0 Å². The summed E-state index contributed by atoms with van der Waals surface area (Å²) in [7, 11) is 0. The summed E-state index contributed by atoms with van der Waals surface area (Å²) in [6, 6.07) is 11.4. The predicted molar refractivity (Wildman–Crippen MR) is 124 cm³/mol. The van der Waals surface area contributed by atoms with E-state index in [1.165, 1.54) is 26.0 Å². The molecular weight excluding hydrogens is 461 g/mol. The molecule has 3 aromatic rings. The zero-order chi connectivity index (χ0) is 25.8. The van der Waals surface area contributed by atoms with Crippen molar-refractivity contribution in [1.82, 2.24) is 9.55 Å². The van der Waals surface area contributed by atoms with Crippen molar-refractivity contribution >= 4 is 11.8 Å². The van der Waals surface area contributed by atoms with Crippen LogP contribution in [0.2, 0.25) is 0 Å². The molecule has 6 nitrogen and oxygen atoms in total. The first-order valence-corrected chi connectivity index (χ1v) is 11.1. The second kappa shape index (κ2) is 10.3. The molecule has 1 heterocycles. The Morgan fingerprint density at radius 3 is 2.37 bits per heavy atom. The number of imidazole rings is 1. The van der Waals surface area contributed by atoms with Crippen LogP contribution in [0.4, 0.5) is 13.2 Å². The van der Waals surface area contributed by atoms with Crippen LogP contribution >= 0.6 is 0 Å². The molecule has 0 aliphatic carbocycles. The number of nitrogens with zero attached hydrogens (tertiary/aromatic N) is 2. The molecule has 0 radical (unpaired) electrons. The molecule has 0 fully saturated rings. The molecule has 0 saturated heterocycles. The normalized spacial score (nSPS) is 11.9. The molecule has 2 aromatic carbocycles. The van der Waals surface area contributed by atoms with E-state index >= 15 is 0 Å². The van der Waals surface area contributed by atoms with Crippen molar-refractivity contribution in [1.29, 1.82) is 0 Å². The highest BCUT2D eigenvalue weighted by atomic mass is 19.4. The lowest BCUT2D eigenvalue weighted by atomic mass is 10.1. The van der Waals surface area contributed by atoms with Crippen LogP contribution in [-0.4, -0.2) is 32.0 Å². The number of carboxylic acids is 1. The van der Waals surface area contributed by atoms with E-state index in [0.717, 1.165) is 42.7 Å². The summed E-state index contributed by atoms with van der Waals surface area (Å²) in [4.78, 5) is 28.3. The third kappa shape index (κ3) is 6.49. The topological polar surface area (TPSA) is 81.4 Å². The average Bonchev–Trinajstić information content (AvgIpc) is 3.16. The number of ketones is 1. The second-order valence-electron chi connectivity index (χ2n) is 8.80. The number of aromatic nitrogens is 2. The lowest BCUT2D eigenvalue weighted by molar-refractivity contribution is -0.152. The van der Waals surface area contributed by atoms with E-state index in [2.05, 4.69) is 4.98 Å². The number of hydrogen-bond acceptors (Lipinski definition) is 4. The Balaban J connectivity index is 1.61. The van der Waals surface area contributed by atoms with Crippen molar-refractivity contribution in [3.63, 3.8) is 0 Å². The average molecular weight is 489 g/mol. The maximum absolute atomic E-state index is 12.9. The third-order valence-electron chi connectivity index (χ3n) is 5.62. The molecule has 0 unspecified atom stereocenters. The predicted octanol–water partition coefficient (Wildman–Crippen LogP) is 5.71. The van der Waals surface area contributed by atoms with Crippen molar-refractivity contribution in [2.24, 2.45) is 0 Å². The van der Waals surface area contributed by atoms with Gasteiger partial charge in [-0.25, -0.2) is 9.78 Å². The molecule has 1 aromatic heterocycles. The number of rotatable bonds is 10. The number of benzene rings is 2. The Hall–Kier alpha value is -3.62. The van der Waals surface area contributed by atoms with E-state index in [0.29, 0.717) is 12.3 Å². The summed E-state index contributed by atoms with van der Waals surface area (Å²) in [5.41, 5.74) is -0.229. The molecule has 0 aliphatic rings. The van der Waals surface area contributed by atoms with Crippen LogP contribution in [0.15, 0.2) is 54.7 Å². The second-order valence-corrected chi connectivity index (χ2v) is 8.80. The van der Waals surface area contributed by atoms with E-state index in [1.54, 1.807) is 16.8 Å². The summed E-state index contributed by atoms with van der Waals surface area (Å²) in [6.45, 7) is 5.31. The molecule has 0 bridgehead atoms. The molecule has 0 amide bonds. The first-order chi connectivity index (χ1) is 16.4. The standard InChI is InChI=1S/C26H27F3N2O4/c1-17-16-30-23(22(32)19-10-12-20(13-11-19)26(27,28)29)31(17)14-5-4-7-18-8-6-9-21(15-18)35-25(2,3)24(33)34/h6,8-13,15-16H,4-5,7,14H2,1-3H3,(H,33,34). The number of ether oxygens (including phenoxy) is 1. The highest BCUT2D eigenvalue weighted by Crippen LogP contribution is 2.29. The number of aryl methyl sites for hydroxylation is 2. The zero-order valence-corrected chi connectivity index (χ0v) is 19.7. The maximum Gasteiger partial charge on any atom is 0.416 e. The van der Waals surface area contributed by atoms with Crippen LogP contribution in [0, 0.1) is 6.92 Å². The number of halogens is 3. The van der Waals surface area contributed by atoms with Crippen LogP contribution < -0.4 is 4.74 Å². The van der Waals surface area contributed by atoms with Crippen molar-refractivity contribution in [3.05, 3.63) is 82.9 Å². The number of carbonyl (C=O) groups excluding carboxylic acids is 1. The van der Waals surface area contributed by atoms with Crippen LogP contribution in [-0.2, 0) is 23.9 Å². The molecule has 35 heavy (non-hydrogen) atoms. The minimum Gasteiger partial charge on any atom is -0.478 e. The van der Waals surface area contributed by atoms with Crippen LogP contribution in [0.1, 0.15) is 59.7 Å². The Morgan fingerprint density at radius 2 is 1.74 bits per heavy atom. The molecule has 186 valence electrons. The largest absolute Gasteiger partial charge is 0.478 e. The Bertz CT molecular complexity index is 1200. The lowest BCUT2D eigenvalue weighted by Crippen LogP contribution is -2.37. The molecule has 3 rings (SSSR count). The summed E-state index contributed by atoms with van der Waals surface area (Å²) in [5, 5.41) is 9.24. The van der Waals surface area contributed by atoms with Gasteiger partial charge >= 0.3 is 12.1 Å². The number of aliphatic carboxylic acids is 1. The zero-order valence-electron chi connectivity index (χ0n) is 19.7. The first kappa shape index (κ1) is 26.0. The summed E-state index contributed by atoms with van der Waals surface area (Å²) in [6.07, 6.45) is -0.648. The highest BCUT2D eigenvalue weighted by Gasteiger charge is 2.31. The lowest BCUT2D eigenvalue weighted by Gasteiger charge is -2.21. The fourth-order valence-electron chi connectivity index (χ4n) is 3.57. The number of carbonyl (C=O) groups is 2. The van der Waals surface area contributed by atoms with Gasteiger partial charge in [0.25, 0.3) is 0 Å². The molecule has 0 atom stereocenters. The van der Waals surface area contributed by atoms with E-state index < -0.39 is 29.1 Å². The van der Waals surface area contributed by atoms with Crippen molar-refractivity contribution in [3.8, 4) is 5.75 Å². The number of hydrogen-bond donors (Lipinski definition) is 1. The molecule has 0 saturated carbocycles. The van der Waals surface area contributed by atoms with Gasteiger partial charge in [0.1, 0.15) is 5.75 Å². The molecule has 0 spiro atoms.